The van der Waals surface area contributed by atoms with Crippen molar-refractivity contribution < 1.29 is 19.1 Å². The zero-order valence-electron chi connectivity index (χ0n) is 11.2. The van der Waals surface area contributed by atoms with Gasteiger partial charge in [0.25, 0.3) is 0 Å². The molecule has 1 N–H and O–H groups in total. The molecule has 0 saturated carbocycles. The number of carboxylic acids is 1. The first kappa shape index (κ1) is 13.5. The van der Waals surface area contributed by atoms with Gasteiger partial charge in [0, 0.05) is 17.7 Å². The van der Waals surface area contributed by atoms with Gasteiger partial charge in [-0.15, -0.1) is 0 Å². The Bertz CT molecular complexity index is 571. The minimum atomic E-state index is -0.749. The average Bonchev–Trinajstić information content (AvgIpc) is 2.80. The summed E-state index contributed by atoms with van der Waals surface area (Å²) in [6.45, 7) is 2.05. The van der Waals surface area contributed by atoms with E-state index < -0.39 is 5.97 Å². The van der Waals surface area contributed by atoms with E-state index in [1.807, 2.05) is 24.3 Å². The van der Waals surface area contributed by atoms with Crippen LogP contribution in [0.5, 0.6) is 5.75 Å². The van der Waals surface area contributed by atoms with E-state index in [4.69, 9.17) is 14.3 Å². The van der Waals surface area contributed by atoms with Crippen LogP contribution in [0.2, 0.25) is 0 Å². The summed E-state index contributed by atoms with van der Waals surface area (Å²) in [5.41, 5.74) is 0.834. The Morgan fingerprint density at radius 2 is 2.21 bits per heavy atom. The van der Waals surface area contributed by atoms with Crippen molar-refractivity contribution in [1.29, 1.82) is 0 Å². The number of furan rings is 1. The summed E-state index contributed by atoms with van der Waals surface area (Å²) in [6, 6.07) is 7.70. The molecule has 2 aromatic rings. The largest absolute Gasteiger partial charge is 0.497 e. The lowest BCUT2D eigenvalue weighted by Crippen LogP contribution is -1.97. The highest BCUT2D eigenvalue weighted by Crippen LogP contribution is 2.30. The van der Waals surface area contributed by atoms with E-state index in [2.05, 4.69) is 6.92 Å². The number of hydrogen-bond acceptors (Lipinski definition) is 3. The highest BCUT2D eigenvalue weighted by Gasteiger charge is 2.12. The van der Waals surface area contributed by atoms with Crippen LogP contribution < -0.4 is 4.74 Å². The van der Waals surface area contributed by atoms with Crippen molar-refractivity contribution in [3.05, 3.63) is 30.0 Å². The number of methoxy groups -OCH3 is 1. The summed E-state index contributed by atoms with van der Waals surface area (Å²) in [4.78, 5) is 10.5. The van der Waals surface area contributed by atoms with Gasteiger partial charge >= 0.3 is 5.97 Å². The number of hydrogen-bond donors (Lipinski definition) is 1. The Hall–Kier alpha value is -1.97. The Balaban J connectivity index is 2.09. The van der Waals surface area contributed by atoms with Crippen molar-refractivity contribution in [2.75, 3.05) is 7.11 Å². The van der Waals surface area contributed by atoms with Gasteiger partial charge < -0.3 is 14.3 Å². The van der Waals surface area contributed by atoms with Crippen molar-refractivity contribution in [3.8, 4) is 5.75 Å². The van der Waals surface area contributed by atoms with Crippen LogP contribution in [0.15, 0.2) is 28.7 Å². The van der Waals surface area contributed by atoms with Crippen LogP contribution in [-0.2, 0) is 4.79 Å². The fourth-order valence-corrected chi connectivity index (χ4v) is 2.11. The van der Waals surface area contributed by atoms with Crippen LogP contribution in [-0.4, -0.2) is 18.2 Å². The van der Waals surface area contributed by atoms with Gasteiger partial charge in [-0.3, -0.25) is 4.79 Å². The van der Waals surface area contributed by atoms with Gasteiger partial charge in [0.1, 0.15) is 17.1 Å². The molecule has 19 heavy (non-hydrogen) atoms. The third kappa shape index (κ3) is 3.28. The molecule has 1 aromatic carbocycles. The lowest BCUT2D eigenvalue weighted by atomic mass is 10.0. The van der Waals surface area contributed by atoms with Crippen LogP contribution in [0.1, 0.15) is 37.9 Å². The van der Waals surface area contributed by atoms with E-state index in [1.54, 1.807) is 7.11 Å². The van der Waals surface area contributed by atoms with Crippen LogP contribution in [0.4, 0.5) is 0 Å². The third-order valence-electron chi connectivity index (χ3n) is 3.26. The minimum Gasteiger partial charge on any atom is -0.497 e. The van der Waals surface area contributed by atoms with Gasteiger partial charge in [0.2, 0.25) is 0 Å². The zero-order valence-corrected chi connectivity index (χ0v) is 11.2. The predicted octanol–water partition coefficient (Wildman–Crippen LogP) is 3.80. The van der Waals surface area contributed by atoms with Gasteiger partial charge in [-0.25, -0.2) is 0 Å². The van der Waals surface area contributed by atoms with Crippen LogP contribution in [0, 0.1) is 0 Å². The first-order chi connectivity index (χ1) is 9.10. The molecule has 0 amide bonds. The molecule has 2 rings (SSSR count). The summed E-state index contributed by atoms with van der Waals surface area (Å²) in [6.07, 6.45) is 1.68. The van der Waals surface area contributed by atoms with E-state index in [-0.39, 0.29) is 12.3 Å². The zero-order chi connectivity index (χ0) is 13.8. The molecule has 0 aliphatic heterocycles. The Morgan fingerprint density at radius 3 is 2.89 bits per heavy atom. The maximum Gasteiger partial charge on any atom is 0.303 e. The number of fused-ring (bicyclic) bond motifs is 1. The quantitative estimate of drug-likeness (QED) is 0.860. The number of carbonyl (C=O) groups is 1. The van der Waals surface area contributed by atoms with E-state index in [1.165, 1.54) is 0 Å². The van der Waals surface area contributed by atoms with E-state index in [0.29, 0.717) is 6.42 Å². The van der Waals surface area contributed by atoms with Crippen molar-refractivity contribution >= 4 is 16.9 Å². The molecular weight excluding hydrogens is 244 g/mol. The molecule has 0 aliphatic carbocycles. The first-order valence-electron chi connectivity index (χ1n) is 6.39. The normalized spacial score (nSPS) is 12.5. The second-order valence-corrected chi connectivity index (χ2v) is 4.74. The van der Waals surface area contributed by atoms with Gasteiger partial charge in [-0.05, 0) is 37.1 Å². The molecule has 102 valence electrons. The second kappa shape index (κ2) is 5.78. The van der Waals surface area contributed by atoms with Gasteiger partial charge in [-0.2, -0.15) is 0 Å². The first-order valence-corrected chi connectivity index (χ1v) is 6.39. The molecule has 1 heterocycles. The van der Waals surface area contributed by atoms with Crippen LogP contribution >= 0.6 is 0 Å². The molecule has 0 saturated heterocycles. The lowest BCUT2D eigenvalue weighted by molar-refractivity contribution is -0.137. The molecule has 1 atom stereocenters. The Labute approximate surface area is 112 Å². The molecular formula is C15H18O4. The average molecular weight is 262 g/mol. The molecule has 0 spiro atoms. The summed E-state index contributed by atoms with van der Waals surface area (Å²) >= 11 is 0. The van der Waals surface area contributed by atoms with Crippen molar-refractivity contribution in [1.82, 2.24) is 0 Å². The molecule has 1 unspecified atom stereocenters. The summed E-state index contributed by atoms with van der Waals surface area (Å²) < 4.78 is 11.0. The molecule has 0 radical (unpaired) electrons. The third-order valence-corrected chi connectivity index (χ3v) is 3.26. The maximum atomic E-state index is 10.5. The molecule has 4 heteroatoms. The lowest BCUT2D eigenvalue weighted by Gasteiger charge is -2.06. The van der Waals surface area contributed by atoms with Crippen molar-refractivity contribution in [2.24, 2.45) is 0 Å². The Morgan fingerprint density at radius 1 is 1.42 bits per heavy atom. The molecule has 4 nitrogen and oxygen atoms in total. The van der Waals surface area contributed by atoms with Crippen LogP contribution in [0.3, 0.4) is 0 Å². The van der Waals surface area contributed by atoms with Crippen molar-refractivity contribution in [3.63, 3.8) is 0 Å². The number of benzene rings is 1. The van der Waals surface area contributed by atoms with Crippen LogP contribution in [0.25, 0.3) is 11.0 Å². The fraction of sp³-hybridized carbons (Fsp3) is 0.400. The summed E-state index contributed by atoms with van der Waals surface area (Å²) in [5, 5.41) is 9.64. The number of aliphatic carboxylic acids is 1. The minimum absolute atomic E-state index is 0.207. The van der Waals surface area contributed by atoms with Crippen molar-refractivity contribution in [2.45, 2.75) is 32.1 Å². The standard InChI is InChI=1S/C15H18O4/c1-10(4-3-5-15(16)17)14-9-11-8-12(18-2)6-7-13(11)19-14/h6-10H,3-5H2,1-2H3,(H,16,17). The highest BCUT2D eigenvalue weighted by atomic mass is 16.5. The molecule has 1 aromatic heterocycles. The number of rotatable bonds is 6. The van der Waals surface area contributed by atoms with E-state index in [9.17, 15) is 4.79 Å². The topological polar surface area (TPSA) is 59.7 Å². The second-order valence-electron chi connectivity index (χ2n) is 4.74. The van der Waals surface area contributed by atoms with E-state index in [0.717, 1.165) is 28.9 Å². The highest BCUT2D eigenvalue weighted by molar-refractivity contribution is 5.79. The number of carboxylic acid groups (broad SMARTS) is 1. The summed E-state index contributed by atoms with van der Waals surface area (Å²) in [7, 11) is 1.64. The molecule has 0 bridgehead atoms. The number of ether oxygens (including phenoxy) is 1. The van der Waals surface area contributed by atoms with Gasteiger partial charge in [0.05, 0.1) is 7.11 Å². The van der Waals surface area contributed by atoms with Gasteiger partial charge in [-0.1, -0.05) is 6.92 Å². The molecule has 0 aliphatic rings. The van der Waals surface area contributed by atoms with E-state index >= 15 is 0 Å². The predicted molar refractivity (Wildman–Crippen MR) is 72.7 cm³/mol. The Kier molecular flexibility index (Phi) is 4.10. The SMILES string of the molecule is COc1ccc2oc(C(C)CCCC(=O)O)cc2c1. The fourth-order valence-electron chi connectivity index (χ4n) is 2.11. The molecule has 0 fully saturated rings. The smallest absolute Gasteiger partial charge is 0.303 e. The monoisotopic (exact) mass is 262 g/mol. The maximum absolute atomic E-state index is 10.5. The van der Waals surface area contributed by atoms with Gasteiger partial charge in [0.15, 0.2) is 0 Å². The summed E-state index contributed by atoms with van der Waals surface area (Å²) in [5.74, 6) is 1.17.